The van der Waals surface area contributed by atoms with E-state index in [0.29, 0.717) is 5.76 Å². The number of hydrogen-bond donors (Lipinski definition) is 2. The Balaban J connectivity index is 1.81. The van der Waals surface area contributed by atoms with Gasteiger partial charge in [0, 0.05) is 16.5 Å². The second-order valence-corrected chi connectivity index (χ2v) is 6.58. The molecule has 114 valence electrons. The molecule has 5 nitrogen and oxygen atoms in total. The first-order chi connectivity index (χ1) is 10.6. The summed E-state index contributed by atoms with van der Waals surface area (Å²) < 4.78 is 4.89. The quantitative estimate of drug-likeness (QED) is 0.752. The van der Waals surface area contributed by atoms with Crippen molar-refractivity contribution in [3.05, 3.63) is 62.3 Å². The van der Waals surface area contributed by atoms with Crippen LogP contribution < -0.4 is 5.32 Å². The molecule has 0 aliphatic heterocycles. The number of amides is 1. The SMILES string of the molecule is Cc1cc(C(=O)NC[C@@](O)(c2ccsc2)c2cccs2)no1. The summed E-state index contributed by atoms with van der Waals surface area (Å²) in [5.41, 5.74) is -0.282. The number of aryl methyl sites for hydroxylation is 1. The minimum atomic E-state index is -1.25. The molecule has 2 N–H and O–H groups in total. The number of aromatic nitrogens is 1. The molecule has 0 bridgehead atoms. The van der Waals surface area contributed by atoms with Gasteiger partial charge < -0.3 is 14.9 Å². The van der Waals surface area contributed by atoms with Crippen molar-refractivity contribution in [1.29, 1.82) is 0 Å². The van der Waals surface area contributed by atoms with Crippen molar-refractivity contribution in [3.8, 4) is 0 Å². The summed E-state index contributed by atoms with van der Waals surface area (Å²) in [6, 6.07) is 7.15. The van der Waals surface area contributed by atoms with E-state index < -0.39 is 5.60 Å². The molecule has 1 atom stereocenters. The number of carbonyl (C=O) groups is 1. The molecule has 0 spiro atoms. The number of carbonyl (C=O) groups excluding carboxylic acids is 1. The number of aliphatic hydroxyl groups is 1. The zero-order valence-electron chi connectivity index (χ0n) is 11.8. The second-order valence-electron chi connectivity index (χ2n) is 4.86. The molecule has 0 radical (unpaired) electrons. The van der Waals surface area contributed by atoms with Gasteiger partial charge in [0.1, 0.15) is 11.4 Å². The number of rotatable bonds is 5. The first-order valence-corrected chi connectivity index (χ1v) is 8.42. The van der Waals surface area contributed by atoms with Crippen LogP contribution in [0.4, 0.5) is 0 Å². The van der Waals surface area contributed by atoms with E-state index in [1.165, 1.54) is 22.7 Å². The van der Waals surface area contributed by atoms with Crippen molar-refractivity contribution >= 4 is 28.6 Å². The van der Waals surface area contributed by atoms with Gasteiger partial charge in [0.15, 0.2) is 5.69 Å². The Morgan fingerprint density at radius 3 is 2.91 bits per heavy atom. The average Bonchev–Trinajstić information content (AvgIpc) is 3.24. The fourth-order valence-electron chi connectivity index (χ4n) is 2.12. The van der Waals surface area contributed by atoms with Crippen molar-refractivity contribution in [2.75, 3.05) is 6.54 Å². The highest BCUT2D eigenvalue weighted by atomic mass is 32.1. The molecule has 22 heavy (non-hydrogen) atoms. The molecule has 7 heteroatoms. The fourth-order valence-corrected chi connectivity index (χ4v) is 3.69. The van der Waals surface area contributed by atoms with Gasteiger partial charge in [-0.05, 0) is 35.2 Å². The number of nitrogens with one attached hydrogen (secondary N) is 1. The summed E-state index contributed by atoms with van der Waals surface area (Å²) in [7, 11) is 0. The minimum absolute atomic E-state index is 0.0645. The highest BCUT2D eigenvalue weighted by Crippen LogP contribution is 2.33. The van der Waals surface area contributed by atoms with Crippen molar-refractivity contribution in [2.45, 2.75) is 12.5 Å². The minimum Gasteiger partial charge on any atom is -0.378 e. The summed E-state index contributed by atoms with van der Waals surface area (Å²) in [6.45, 7) is 1.78. The lowest BCUT2D eigenvalue weighted by Crippen LogP contribution is -2.41. The maximum atomic E-state index is 12.1. The first kappa shape index (κ1) is 15.0. The van der Waals surface area contributed by atoms with E-state index >= 15 is 0 Å². The van der Waals surface area contributed by atoms with Gasteiger partial charge >= 0.3 is 0 Å². The Kier molecular flexibility index (Phi) is 4.10. The van der Waals surface area contributed by atoms with Crippen LogP contribution in [0.3, 0.4) is 0 Å². The van der Waals surface area contributed by atoms with Gasteiger partial charge in [0.2, 0.25) is 0 Å². The van der Waals surface area contributed by atoms with Crippen LogP contribution in [-0.4, -0.2) is 22.7 Å². The van der Waals surface area contributed by atoms with E-state index in [-0.39, 0.29) is 18.1 Å². The Labute approximate surface area is 135 Å². The zero-order valence-corrected chi connectivity index (χ0v) is 13.4. The number of thiophene rings is 2. The standard InChI is InChI=1S/C15H14N2O3S2/c1-10-7-12(17-20-10)14(18)16-9-15(19,11-4-6-21-8-11)13-3-2-5-22-13/h2-8,19H,9H2,1H3,(H,16,18)/t15-/m1/s1. The van der Waals surface area contributed by atoms with Gasteiger partial charge in [-0.15, -0.1) is 11.3 Å². The van der Waals surface area contributed by atoms with Gasteiger partial charge in [-0.2, -0.15) is 11.3 Å². The maximum Gasteiger partial charge on any atom is 0.273 e. The Morgan fingerprint density at radius 2 is 2.32 bits per heavy atom. The molecule has 0 unspecified atom stereocenters. The van der Waals surface area contributed by atoms with Gasteiger partial charge in [-0.1, -0.05) is 11.2 Å². The molecule has 0 saturated carbocycles. The third kappa shape index (κ3) is 2.83. The molecule has 0 aliphatic carbocycles. The van der Waals surface area contributed by atoms with Gasteiger partial charge in [0.05, 0.1) is 6.54 Å². The molecule has 0 aromatic carbocycles. The van der Waals surface area contributed by atoms with Crippen LogP contribution in [0.1, 0.15) is 26.7 Å². The fraction of sp³-hybridized carbons (Fsp3) is 0.200. The van der Waals surface area contributed by atoms with E-state index in [2.05, 4.69) is 10.5 Å². The predicted molar refractivity (Wildman–Crippen MR) is 85.2 cm³/mol. The normalized spacial score (nSPS) is 13.7. The van der Waals surface area contributed by atoms with Crippen molar-refractivity contribution in [2.24, 2.45) is 0 Å². The Morgan fingerprint density at radius 1 is 1.45 bits per heavy atom. The van der Waals surface area contributed by atoms with Crippen molar-refractivity contribution < 1.29 is 14.4 Å². The topological polar surface area (TPSA) is 75.4 Å². The lowest BCUT2D eigenvalue weighted by molar-refractivity contribution is 0.0716. The third-order valence-corrected chi connectivity index (χ3v) is 5.00. The largest absolute Gasteiger partial charge is 0.378 e. The third-order valence-electron chi connectivity index (χ3n) is 3.29. The van der Waals surface area contributed by atoms with Gasteiger partial charge in [-0.3, -0.25) is 4.79 Å². The van der Waals surface area contributed by atoms with Crippen LogP contribution in [0.25, 0.3) is 0 Å². The number of hydrogen-bond acceptors (Lipinski definition) is 6. The van der Waals surface area contributed by atoms with Gasteiger partial charge in [-0.25, -0.2) is 0 Å². The van der Waals surface area contributed by atoms with Crippen LogP contribution >= 0.6 is 22.7 Å². The average molecular weight is 334 g/mol. The van der Waals surface area contributed by atoms with E-state index in [9.17, 15) is 9.90 Å². The Bertz CT molecular complexity index is 713. The Hall–Kier alpha value is -1.96. The zero-order chi connectivity index (χ0) is 15.6. The molecule has 1 amide bonds. The van der Waals surface area contributed by atoms with Crippen LogP contribution in [0.15, 0.2) is 44.9 Å². The summed E-state index contributed by atoms with van der Waals surface area (Å²) in [5, 5.41) is 23.2. The summed E-state index contributed by atoms with van der Waals surface area (Å²) in [4.78, 5) is 12.9. The van der Waals surface area contributed by atoms with Crippen LogP contribution in [-0.2, 0) is 5.60 Å². The van der Waals surface area contributed by atoms with Crippen molar-refractivity contribution in [1.82, 2.24) is 10.5 Å². The molecule has 3 aromatic heterocycles. The lowest BCUT2D eigenvalue weighted by Gasteiger charge is -2.26. The predicted octanol–water partition coefficient (Wildman–Crippen LogP) is 2.77. The molecule has 3 aromatic rings. The lowest BCUT2D eigenvalue weighted by atomic mass is 9.94. The van der Waals surface area contributed by atoms with E-state index in [0.717, 1.165) is 10.4 Å². The van der Waals surface area contributed by atoms with Crippen LogP contribution in [0.2, 0.25) is 0 Å². The molecule has 3 heterocycles. The summed E-state index contributed by atoms with van der Waals surface area (Å²) in [5.74, 6) is 0.193. The molecule has 0 fully saturated rings. The van der Waals surface area contributed by atoms with E-state index in [1.54, 1.807) is 13.0 Å². The summed E-state index contributed by atoms with van der Waals surface area (Å²) >= 11 is 2.95. The smallest absolute Gasteiger partial charge is 0.273 e. The maximum absolute atomic E-state index is 12.1. The summed E-state index contributed by atoms with van der Waals surface area (Å²) in [6.07, 6.45) is 0. The van der Waals surface area contributed by atoms with Crippen molar-refractivity contribution in [3.63, 3.8) is 0 Å². The van der Waals surface area contributed by atoms with Crippen LogP contribution in [0, 0.1) is 6.92 Å². The number of nitrogens with zero attached hydrogens (tertiary/aromatic N) is 1. The first-order valence-electron chi connectivity index (χ1n) is 6.60. The molecule has 0 saturated heterocycles. The highest BCUT2D eigenvalue weighted by Gasteiger charge is 2.34. The second kappa shape index (κ2) is 6.04. The molecular formula is C15H14N2O3S2. The van der Waals surface area contributed by atoms with E-state index in [1.807, 2.05) is 34.3 Å². The van der Waals surface area contributed by atoms with E-state index in [4.69, 9.17) is 4.52 Å². The van der Waals surface area contributed by atoms with Crippen LogP contribution in [0.5, 0.6) is 0 Å². The monoisotopic (exact) mass is 334 g/mol. The molecular weight excluding hydrogens is 320 g/mol. The highest BCUT2D eigenvalue weighted by molar-refractivity contribution is 7.10. The van der Waals surface area contributed by atoms with Gasteiger partial charge in [0.25, 0.3) is 5.91 Å². The molecule has 3 rings (SSSR count). The molecule has 0 aliphatic rings.